The van der Waals surface area contributed by atoms with E-state index in [1.807, 2.05) is 19.1 Å². The molecule has 1 aromatic heterocycles. The molecule has 5 heteroatoms. The van der Waals surface area contributed by atoms with Gasteiger partial charge in [-0.15, -0.1) is 11.8 Å². The summed E-state index contributed by atoms with van der Waals surface area (Å²) >= 11 is 1.76. The molecule has 0 aromatic carbocycles. The lowest BCUT2D eigenvalue weighted by molar-refractivity contribution is -0.119. The fourth-order valence-corrected chi connectivity index (χ4v) is 3.09. The molecule has 1 fully saturated rings. The number of rotatable bonds is 5. The average Bonchev–Trinajstić information content (AvgIpc) is 2.91. The van der Waals surface area contributed by atoms with Gasteiger partial charge in [0.15, 0.2) is 0 Å². The summed E-state index contributed by atoms with van der Waals surface area (Å²) in [6.07, 6.45) is 3.94. The van der Waals surface area contributed by atoms with Crippen LogP contribution in [0.1, 0.15) is 31.6 Å². The average molecular weight is 268 g/mol. The second kappa shape index (κ2) is 6.85. The molecule has 1 aliphatic heterocycles. The minimum atomic E-state index is -0.0545. The second-order valence-electron chi connectivity index (χ2n) is 4.56. The molecule has 0 saturated carbocycles. The van der Waals surface area contributed by atoms with Gasteiger partial charge in [0.25, 0.3) is 0 Å². The summed E-state index contributed by atoms with van der Waals surface area (Å²) < 4.78 is 5.26. The number of piperidine rings is 1. The van der Waals surface area contributed by atoms with Crippen molar-refractivity contribution in [3.05, 3.63) is 24.2 Å². The molecule has 2 N–H and O–H groups in total. The normalized spacial score (nSPS) is 18.5. The van der Waals surface area contributed by atoms with Crippen LogP contribution in [0, 0.1) is 0 Å². The molecule has 1 aromatic rings. The predicted octanol–water partition coefficient (Wildman–Crippen LogP) is 1.94. The maximum absolute atomic E-state index is 11.8. The molecule has 1 saturated heterocycles. The summed E-state index contributed by atoms with van der Waals surface area (Å²) in [6, 6.07) is 3.66. The first-order valence-electron chi connectivity index (χ1n) is 6.41. The molecule has 1 aliphatic rings. The molecule has 100 valence electrons. The van der Waals surface area contributed by atoms with Crippen molar-refractivity contribution in [1.82, 2.24) is 10.6 Å². The van der Waals surface area contributed by atoms with Crippen molar-refractivity contribution < 1.29 is 9.21 Å². The smallest absolute Gasteiger partial charge is 0.230 e. The standard InChI is InChI=1S/C13H20N2O2S/c1-10(12-3-2-8-17-12)15-13(16)9-18-11-4-6-14-7-5-11/h2-3,8,10-11,14H,4-7,9H2,1H3,(H,15,16). The first kappa shape index (κ1) is 13.5. The van der Waals surface area contributed by atoms with Crippen LogP contribution in [-0.2, 0) is 4.79 Å². The summed E-state index contributed by atoms with van der Waals surface area (Å²) in [5.41, 5.74) is 0. The van der Waals surface area contributed by atoms with Crippen LogP contribution in [0.25, 0.3) is 0 Å². The van der Waals surface area contributed by atoms with E-state index in [1.165, 1.54) is 0 Å². The van der Waals surface area contributed by atoms with E-state index in [-0.39, 0.29) is 11.9 Å². The van der Waals surface area contributed by atoms with Gasteiger partial charge in [-0.2, -0.15) is 0 Å². The van der Waals surface area contributed by atoms with Crippen LogP contribution in [0.5, 0.6) is 0 Å². The van der Waals surface area contributed by atoms with Crippen molar-refractivity contribution in [3.8, 4) is 0 Å². The Labute approximate surface area is 112 Å². The Morgan fingerprint density at radius 1 is 1.61 bits per heavy atom. The second-order valence-corrected chi connectivity index (χ2v) is 5.85. The van der Waals surface area contributed by atoms with Crippen molar-refractivity contribution in [2.75, 3.05) is 18.8 Å². The minimum Gasteiger partial charge on any atom is -0.467 e. The van der Waals surface area contributed by atoms with E-state index in [0.717, 1.165) is 31.7 Å². The third-order valence-corrected chi connectivity index (χ3v) is 4.46. The van der Waals surface area contributed by atoms with Crippen LogP contribution in [0.4, 0.5) is 0 Å². The van der Waals surface area contributed by atoms with Gasteiger partial charge in [-0.3, -0.25) is 4.79 Å². The van der Waals surface area contributed by atoms with Gasteiger partial charge in [0.05, 0.1) is 18.1 Å². The summed E-state index contributed by atoms with van der Waals surface area (Å²) in [4.78, 5) is 11.8. The van der Waals surface area contributed by atoms with Crippen molar-refractivity contribution in [2.24, 2.45) is 0 Å². The number of hydrogen-bond donors (Lipinski definition) is 2. The molecule has 2 heterocycles. The van der Waals surface area contributed by atoms with Crippen LogP contribution < -0.4 is 10.6 Å². The molecule has 0 aliphatic carbocycles. The highest BCUT2D eigenvalue weighted by Crippen LogP contribution is 2.20. The zero-order chi connectivity index (χ0) is 12.8. The van der Waals surface area contributed by atoms with Crippen molar-refractivity contribution in [3.63, 3.8) is 0 Å². The van der Waals surface area contributed by atoms with Crippen LogP contribution in [-0.4, -0.2) is 30.0 Å². The first-order valence-corrected chi connectivity index (χ1v) is 7.45. The highest BCUT2D eigenvalue weighted by Gasteiger charge is 2.16. The van der Waals surface area contributed by atoms with Gasteiger partial charge in [0.2, 0.25) is 5.91 Å². The van der Waals surface area contributed by atoms with Gasteiger partial charge in [0.1, 0.15) is 5.76 Å². The molecule has 4 nitrogen and oxygen atoms in total. The number of thioether (sulfide) groups is 1. The number of furan rings is 1. The Morgan fingerprint density at radius 2 is 2.39 bits per heavy atom. The summed E-state index contributed by atoms with van der Waals surface area (Å²) in [7, 11) is 0. The number of hydrogen-bond acceptors (Lipinski definition) is 4. The monoisotopic (exact) mass is 268 g/mol. The molecule has 1 atom stereocenters. The van der Waals surface area contributed by atoms with Gasteiger partial charge < -0.3 is 15.1 Å². The van der Waals surface area contributed by atoms with E-state index < -0.39 is 0 Å². The maximum atomic E-state index is 11.8. The number of carbonyl (C=O) groups excluding carboxylic acids is 1. The largest absolute Gasteiger partial charge is 0.467 e. The molecule has 0 spiro atoms. The van der Waals surface area contributed by atoms with E-state index in [9.17, 15) is 4.79 Å². The van der Waals surface area contributed by atoms with Gasteiger partial charge >= 0.3 is 0 Å². The van der Waals surface area contributed by atoms with Crippen molar-refractivity contribution in [1.29, 1.82) is 0 Å². The van der Waals surface area contributed by atoms with Crippen LogP contribution in [0.15, 0.2) is 22.8 Å². The molecule has 0 bridgehead atoms. The Morgan fingerprint density at radius 3 is 3.06 bits per heavy atom. The molecule has 2 rings (SSSR count). The lowest BCUT2D eigenvalue weighted by atomic mass is 10.2. The zero-order valence-electron chi connectivity index (χ0n) is 10.6. The van der Waals surface area contributed by atoms with Crippen LogP contribution >= 0.6 is 11.8 Å². The predicted molar refractivity (Wildman–Crippen MR) is 73.6 cm³/mol. The van der Waals surface area contributed by atoms with E-state index in [1.54, 1.807) is 18.0 Å². The van der Waals surface area contributed by atoms with Crippen LogP contribution in [0.2, 0.25) is 0 Å². The third kappa shape index (κ3) is 4.07. The topological polar surface area (TPSA) is 54.3 Å². The molecule has 18 heavy (non-hydrogen) atoms. The Balaban J connectivity index is 1.68. The first-order chi connectivity index (χ1) is 8.75. The van der Waals surface area contributed by atoms with E-state index in [2.05, 4.69) is 10.6 Å². The van der Waals surface area contributed by atoms with Crippen LogP contribution in [0.3, 0.4) is 0 Å². The minimum absolute atomic E-state index is 0.0545. The zero-order valence-corrected chi connectivity index (χ0v) is 11.5. The SMILES string of the molecule is CC(NC(=O)CSC1CCNCC1)c1ccco1. The summed E-state index contributed by atoms with van der Waals surface area (Å²) in [5.74, 6) is 1.42. The lowest BCUT2D eigenvalue weighted by Crippen LogP contribution is -2.32. The van der Waals surface area contributed by atoms with Crippen molar-refractivity contribution >= 4 is 17.7 Å². The molecule has 1 amide bonds. The maximum Gasteiger partial charge on any atom is 0.230 e. The van der Waals surface area contributed by atoms with Gasteiger partial charge in [-0.25, -0.2) is 0 Å². The fourth-order valence-electron chi connectivity index (χ4n) is 2.05. The molecular weight excluding hydrogens is 248 g/mol. The Hall–Kier alpha value is -0.940. The Bertz CT molecular complexity index is 361. The Kier molecular flexibility index (Phi) is 5.13. The summed E-state index contributed by atoms with van der Waals surface area (Å²) in [6.45, 7) is 4.08. The highest BCUT2D eigenvalue weighted by molar-refractivity contribution is 8.00. The lowest BCUT2D eigenvalue weighted by Gasteiger charge is -2.22. The molecular formula is C13H20N2O2S. The van der Waals surface area contributed by atoms with Gasteiger partial charge in [0, 0.05) is 5.25 Å². The van der Waals surface area contributed by atoms with E-state index >= 15 is 0 Å². The van der Waals surface area contributed by atoms with E-state index in [4.69, 9.17) is 4.42 Å². The number of carbonyl (C=O) groups is 1. The third-order valence-electron chi connectivity index (χ3n) is 3.08. The number of nitrogens with one attached hydrogen (secondary N) is 2. The highest BCUT2D eigenvalue weighted by atomic mass is 32.2. The van der Waals surface area contributed by atoms with Gasteiger partial charge in [-0.05, 0) is 45.0 Å². The fraction of sp³-hybridized carbons (Fsp3) is 0.615. The van der Waals surface area contributed by atoms with E-state index in [0.29, 0.717) is 11.0 Å². The molecule has 0 radical (unpaired) electrons. The van der Waals surface area contributed by atoms with Gasteiger partial charge in [-0.1, -0.05) is 0 Å². The molecule has 1 unspecified atom stereocenters. The quantitative estimate of drug-likeness (QED) is 0.857. The number of amides is 1. The van der Waals surface area contributed by atoms with Crippen molar-refractivity contribution in [2.45, 2.75) is 31.1 Å². The summed E-state index contributed by atoms with van der Waals surface area (Å²) in [5, 5.41) is 6.90.